The summed E-state index contributed by atoms with van der Waals surface area (Å²) < 4.78 is 10.7. The molecule has 0 aliphatic carbocycles. The van der Waals surface area contributed by atoms with Gasteiger partial charge in [-0.15, -0.1) is 16.7 Å². The van der Waals surface area contributed by atoms with Crippen LogP contribution in [0.3, 0.4) is 0 Å². The van der Waals surface area contributed by atoms with Gasteiger partial charge in [-0.3, -0.25) is 0 Å². The third-order valence-electron chi connectivity index (χ3n) is 2.13. The molecule has 0 aliphatic rings. The average molecular weight is 257 g/mol. The zero-order valence-corrected chi connectivity index (χ0v) is 10.5. The van der Waals surface area contributed by atoms with Crippen molar-refractivity contribution < 1.29 is 8.83 Å². The van der Waals surface area contributed by atoms with Crippen molar-refractivity contribution in [3.05, 3.63) is 23.7 Å². The molecule has 2 unspecified atom stereocenters. The Morgan fingerprint density at radius 2 is 2.00 bits per heavy atom. The van der Waals surface area contributed by atoms with Gasteiger partial charge in [0.05, 0.1) is 6.20 Å². The maximum Gasteiger partial charge on any atom is 0.316 e. The van der Waals surface area contributed by atoms with Crippen LogP contribution in [0.25, 0.3) is 0 Å². The Kier molecular flexibility index (Phi) is 3.33. The fourth-order valence-corrected chi connectivity index (χ4v) is 1.36. The quantitative estimate of drug-likeness (QED) is 0.848. The molecule has 2 rings (SSSR count). The van der Waals surface area contributed by atoms with Gasteiger partial charge in [-0.05, 0) is 20.8 Å². The molecule has 2 aromatic rings. The van der Waals surface area contributed by atoms with E-state index in [1.165, 1.54) is 0 Å². The minimum Gasteiger partial charge on any atom is -0.444 e. The van der Waals surface area contributed by atoms with Crippen LogP contribution < -0.4 is 5.32 Å². The number of aromatic nitrogens is 3. The lowest BCUT2D eigenvalue weighted by molar-refractivity contribution is 0.443. The number of rotatable bonds is 4. The highest BCUT2D eigenvalue weighted by atomic mass is 35.5. The first-order valence-electron chi connectivity index (χ1n) is 5.22. The summed E-state index contributed by atoms with van der Waals surface area (Å²) in [4.78, 5) is 4.11. The molecule has 7 heteroatoms. The maximum atomic E-state index is 5.82. The number of hydrogen-bond acceptors (Lipinski definition) is 6. The molecule has 92 valence electrons. The first-order valence-corrected chi connectivity index (χ1v) is 5.66. The molecule has 17 heavy (non-hydrogen) atoms. The minimum atomic E-state index is -0.308. The van der Waals surface area contributed by atoms with Crippen molar-refractivity contribution in [1.82, 2.24) is 15.2 Å². The van der Waals surface area contributed by atoms with E-state index in [9.17, 15) is 0 Å². The van der Waals surface area contributed by atoms with E-state index < -0.39 is 0 Å². The van der Waals surface area contributed by atoms with Crippen LogP contribution in [-0.4, -0.2) is 15.2 Å². The number of nitrogens with one attached hydrogen (secondary N) is 1. The Balaban J connectivity index is 2.05. The van der Waals surface area contributed by atoms with Crippen LogP contribution in [0.5, 0.6) is 0 Å². The lowest BCUT2D eigenvalue weighted by Crippen LogP contribution is -2.07. The second-order valence-electron chi connectivity index (χ2n) is 3.74. The van der Waals surface area contributed by atoms with E-state index in [0.717, 1.165) is 5.76 Å². The van der Waals surface area contributed by atoms with Gasteiger partial charge in [-0.2, -0.15) is 0 Å². The highest BCUT2D eigenvalue weighted by Gasteiger charge is 2.16. The normalized spacial score (nSPS) is 14.6. The molecule has 2 aromatic heterocycles. The zero-order chi connectivity index (χ0) is 12.4. The Morgan fingerprint density at radius 1 is 1.24 bits per heavy atom. The van der Waals surface area contributed by atoms with Gasteiger partial charge in [0.2, 0.25) is 11.8 Å². The van der Waals surface area contributed by atoms with E-state index in [0.29, 0.717) is 17.8 Å². The van der Waals surface area contributed by atoms with Crippen LogP contribution in [0.2, 0.25) is 0 Å². The Bertz CT molecular complexity index is 494. The Hall–Kier alpha value is -1.56. The van der Waals surface area contributed by atoms with Crippen molar-refractivity contribution in [1.29, 1.82) is 0 Å². The average Bonchev–Trinajstić information content (AvgIpc) is 2.86. The molecule has 0 saturated heterocycles. The van der Waals surface area contributed by atoms with E-state index in [4.69, 9.17) is 20.4 Å². The fraction of sp³-hybridized carbons (Fsp3) is 0.500. The van der Waals surface area contributed by atoms with E-state index in [2.05, 4.69) is 20.5 Å². The van der Waals surface area contributed by atoms with Crippen LogP contribution in [0.15, 0.2) is 15.0 Å². The number of aryl methyl sites for hydroxylation is 1. The highest BCUT2D eigenvalue weighted by Crippen LogP contribution is 2.22. The first kappa shape index (κ1) is 11.9. The molecule has 0 fully saturated rings. The SMILES string of the molecule is Cc1cnc(C(C)Nc2nnc(C(C)Cl)o2)o1. The van der Waals surface area contributed by atoms with Gasteiger partial charge in [0, 0.05) is 0 Å². The molecule has 2 heterocycles. The van der Waals surface area contributed by atoms with Crippen LogP contribution >= 0.6 is 11.6 Å². The predicted octanol–water partition coefficient (Wildman–Crippen LogP) is 2.84. The van der Waals surface area contributed by atoms with Crippen LogP contribution in [-0.2, 0) is 0 Å². The number of oxazole rings is 1. The zero-order valence-electron chi connectivity index (χ0n) is 9.77. The summed E-state index contributed by atoms with van der Waals surface area (Å²) >= 11 is 5.82. The molecule has 1 N–H and O–H groups in total. The molecule has 0 aromatic carbocycles. The Labute approximate surface area is 103 Å². The maximum absolute atomic E-state index is 5.82. The van der Waals surface area contributed by atoms with Crippen molar-refractivity contribution in [2.75, 3.05) is 5.32 Å². The van der Waals surface area contributed by atoms with Crippen LogP contribution in [0.1, 0.15) is 42.8 Å². The summed E-state index contributed by atoms with van der Waals surface area (Å²) in [6.07, 6.45) is 1.66. The molecule has 0 aliphatic heterocycles. The van der Waals surface area contributed by atoms with E-state index in [-0.39, 0.29) is 11.4 Å². The van der Waals surface area contributed by atoms with Gasteiger partial charge in [0.15, 0.2) is 0 Å². The fourth-order valence-electron chi connectivity index (χ4n) is 1.27. The molecule has 6 nitrogen and oxygen atoms in total. The second kappa shape index (κ2) is 4.75. The summed E-state index contributed by atoms with van der Waals surface area (Å²) in [5.74, 6) is 1.71. The molecule has 0 saturated carbocycles. The molecule has 0 radical (unpaired) electrons. The summed E-state index contributed by atoms with van der Waals surface area (Å²) in [5, 5.41) is 10.3. The number of halogens is 1. The third kappa shape index (κ3) is 2.76. The van der Waals surface area contributed by atoms with E-state index >= 15 is 0 Å². The van der Waals surface area contributed by atoms with Gasteiger partial charge in [0.1, 0.15) is 17.2 Å². The number of hydrogen-bond donors (Lipinski definition) is 1. The summed E-state index contributed by atoms with van der Waals surface area (Å²) in [5.41, 5.74) is 0. The molecule has 0 spiro atoms. The molecular formula is C10H13ClN4O2. The lowest BCUT2D eigenvalue weighted by atomic mass is 10.3. The standard InChI is InChI=1S/C10H13ClN4O2/c1-5-4-12-9(16-5)7(3)13-10-15-14-8(17-10)6(2)11/h4,6-7H,1-3H3,(H,13,15). The Morgan fingerprint density at radius 3 is 2.53 bits per heavy atom. The van der Waals surface area contributed by atoms with Crippen molar-refractivity contribution in [3.63, 3.8) is 0 Å². The predicted molar refractivity (Wildman–Crippen MR) is 61.8 cm³/mol. The number of alkyl halides is 1. The molecule has 2 atom stereocenters. The lowest BCUT2D eigenvalue weighted by Gasteiger charge is -2.06. The number of anilines is 1. The first-order chi connectivity index (χ1) is 8.06. The van der Waals surface area contributed by atoms with Crippen molar-refractivity contribution >= 4 is 17.6 Å². The van der Waals surface area contributed by atoms with E-state index in [1.54, 1.807) is 13.1 Å². The van der Waals surface area contributed by atoms with Crippen molar-refractivity contribution in [2.24, 2.45) is 0 Å². The summed E-state index contributed by atoms with van der Waals surface area (Å²) in [6.45, 7) is 5.49. The second-order valence-corrected chi connectivity index (χ2v) is 4.39. The monoisotopic (exact) mass is 256 g/mol. The van der Waals surface area contributed by atoms with Crippen molar-refractivity contribution in [3.8, 4) is 0 Å². The summed E-state index contributed by atoms with van der Waals surface area (Å²) in [6, 6.07) is 0.151. The van der Waals surface area contributed by atoms with Gasteiger partial charge in [-0.25, -0.2) is 4.98 Å². The molecular weight excluding hydrogens is 244 g/mol. The number of nitrogens with zero attached hydrogens (tertiary/aromatic N) is 3. The van der Waals surface area contributed by atoms with E-state index in [1.807, 2.05) is 13.8 Å². The van der Waals surface area contributed by atoms with Crippen LogP contribution in [0, 0.1) is 6.92 Å². The third-order valence-corrected chi connectivity index (χ3v) is 2.32. The largest absolute Gasteiger partial charge is 0.444 e. The van der Waals surface area contributed by atoms with Gasteiger partial charge < -0.3 is 14.2 Å². The highest BCUT2D eigenvalue weighted by molar-refractivity contribution is 6.20. The van der Waals surface area contributed by atoms with Gasteiger partial charge in [0.25, 0.3) is 0 Å². The minimum absolute atomic E-state index is 0.150. The van der Waals surface area contributed by atoms with Gasteiger partial charge in [-0.1, -0.05) is 5.10 Å². The molecule has 0 amide bonds. The summed E-state index contributed by atoms with van der Waals surface area (Å²) in [7, 11) is 0. The van der Waals surface area contributed by atoms with Crippen molar-refractivity contribution in [2.45, 2.75) is 32.2 Å². The smallest absolute Gasteiger partial charge is 0.316 e. The topological polar surface area (TPSA) is 77.0 Å². The van der Waals surface area contributed by atoms with Crippen LogP contribution in [0.4, 0.5) is 6.01 Å². The van der Waals surface area contributed by atoms with Gasteiger partial charge >= 0.3 is 6.01 Å². The molecule has 0 bridgehead atoms.